The van der Waals surface area contributed by atoms with Crippen molar-refractivity contribution in [2.24, 2.45) is 0 Å². The fourth-order valence-corrected chi connectivity index (χ4v) is 3.03. The van der Waals surface area contributed by atoms with Crippen LogP contribution in [0.5, 0.6) is 0 Å². The first-order chi connectivity index (χ1) is 11.4. The van der Waals surface area contributed by atoms with E-state index >= 15 is 0 Å². The summed E-state index contributed by atoms with van der Waals surface area (Å²) >= 11 is 1.52. The second-order valence-electron chi connectivity index (χ2n) is 5.65. The predicted molar refractivity (Wildman–Crippen MR) is 92.8 cm³/mol. The first-order valence-corrected chi connectivity index (χ1v) is 8.31. The first kappa shape index (κ1) is 16.2. The van der Waals surface area contributed by atoms with Crippen LogP contribution in [-0.2, 0) is 4.74 Å². The van der Waals surface area contributed by atoms with Crippen LogP contribution in [0.3, 0.4) is 0 Å². The SMILES string of the molecule is Cc1cn2cc(C(=O)Nc3cccc(C(=O)OC(C)C)c3)nc2s1. The molecule has 0 unspecified atom stereocenters. The second-order valence-corrected chi connectivity index (χ2v) is 6.86. The molecule has 0 aliphatic heterocycles. The molecule has 0 atom stereocenters. The van der Waals surface area contributed by atoms with E-state index in [0.717, 1.165) is 9.84 Å². The van der Waals surface area contributed by atoms with Gasteiger partial charge in [0.15, 0.2) is 4.96 Å². The molecule has 124 valence electrons. The van der Waals surface area contributed by atoms with Gasteiger partial charge in [-0.25, -0.2) is 9.78 Å². The number of anilines is 1. The second kappa shape index (κ2) is 6.45. The molecule has 0 spiro atoms. The third kappa shape index (κ3) is 3.46. The number of hydrogen-bond acceptors (Lipinski definition) is 5. The maximum absolute atomic E-state index is 12.3. The Morgan fingerprint density at radius 1 is 1.29 bits per heavy atom. The van der Waals surface area contributed by atoms with Gasteiger partial charge in [-0.3, -0.25) is 9.20 Å². The fourth-order valence-electron chi connectivity index (χ4n) is 2.22. The number of aryl methyl sites for hydroxylation is 1. The van der Waals surface area contributed by atoms with Crippen LogP contribution in [0.15, 0.2) is 36.7 Å². The van der Waals surface area contributed by atoms with Crippen LogP contribution in [0.25, 0.3) is 4.96 Å². The number of carbonyl (C=O) groups is 2. The molecule has 2 aromatic heterocycles. The maximum Gasteiger partial charge on any atom is 0.338 e. The number of nitrogens with one attached hydrogen (secondary N) is 1. The van der Waals surface area contributed by atoms with Gasteiger partial charge in [0.1, 0.15) is 5.69 Å². The number of amides is 1. The van der Waals surface area contributed by atoms with Gasteiger partial charge in [0.2, 0.25) is 0 Å². The van der Waals surface area contributed by atoms with Crippen LogP contribution < -0.4 is 5.32 Å². The number of thiazole rings is 1. The number of nitrogens with zero attached hydrogens (tertiary/aromatic N) is 2. The van der Waals surface area contributed by atoms with Crippen LogP contribution in [-0.4, -0.2) is 27.4 Å². The van der Waals surface area contributed by atoms with E-state index in [-0.39, 0.29) is 12.0 Å². The number of fused-ring (bicyclic) bond motifs is 1. The van der Waals surface area contributed by atoms with Crippen molar-refractivity contribution in [1.82, 2.24) is 9.38 Å². The first-order valence-electron chi connectivity index (χ1n) is 7.50. The van der Waals surface area contributed by atoms with Gasteiger partial charge in [-0.05, 0) is 39.0 Å². The van der Waals surface area contributed by atoms with Gasteiger partial charge < -0.3 is 10.1 Å². The Balaban J connectivity index is 1.76. The standard InChI is InChI=1S/C17H17N3O3S/c1-10(2)23-16(22)12-5-4-6-13(7-12)18-15(21)14-9-20-8-11(3)24-17(20)19-14/h4-10H,1-3H3,(H,18,21). The van der Waals surface area contributed by atoms with Gasteiger partial charge in [0.25, 0.3) is 5.91 Å². The van der Waals surface area contributed by atoms with Crippen LogP contribution >= 0.6 is 11.3 Å². The van der Waals surface area contributed by atoms with E-state index in [2.05, 4.69) is 10.3 Å². The maximum atomic E-state index is 12.3. The third-order valence-electron chi connectivity index (χ3n) is 3.20. The molecule has 0 radical (unpaired) electrons. The number of rotatable bonds is 4. The van der Waals surface area contributed by atoms with E-state index in [9.17, 15) is 9.59 Å². The van der Waals surface area contributed by atoms with Crippen LogP contribution in [0.4, 0.5) is 5.69 Å². The highest BCUT2D eigenvalue weighted by atomic mass is 32.1. The summed E-state index contributed by atoms with van der Waals surface area (Å²) in [5.41, 5.74) is 1.24. The van der Waals surface area contributed by atoms with Crippen molar-refractivity contribution >= 4 is 33.9 Å². The minimum atomic E-state index is -0.418. The van der Waals surface area contributed by atoms with Gasteiger partial charge in [-0.15, -0.1) is 11.3 Å². The lowest BCUT2D eigenvalue weighted by Gasteiger charge is -2.09. The summed E-state index contributed by atoms with van der Waals surface area (Å²) in [6.07, 6.45) is 3.41. The number of carbonyl (C=O) groups excluding carboxylic acids is 2. The van der Waals surface area contributed by atoms with Crippen molar-refractivity contribution < 1.29 is 14.3 Å². The van der Waals surface area contributed by atoms with Crippen molar-refractivity contribution in [3.63, 3.8) is 0 Å². The summed E-state index contributed by atoms with van der Waals surface area (Å²) in [4.78, 5) is 30.5. The highest BCUT2D eigenvalue weighted by molar-refractivity contribution is 7.17. The lowest BCUT2D eigenvalue weighted by molar-refractivity contribution is 0.0378. The van der Waals surface area contributed by atoms with E-state index in [0.29, 0.717) is 16.9 Å². The Hall–Kier alpha value is -2.67. The van der Waals surface area contributed by atoms with Crippen molar-refractivity contribution in [3.8, 4) is 0 Å². The average Bonchev–Trinajstić information content (AvgIpc) is 3.04. The molecule has 1 N–H and O–H groups in total. The molecule has 2 heterocycles. The van der Waals surface area contributed by atoms with E-state index in [1.807, 2.05) is 17.5 Å². The number of aromatic nitrogens is 2. The molecule has 3 rings (SSSR count). The van der Waals surface area contributed by atoms with E-state index in [1.54, 1.807) is 44.3 Å². The molecule has 1 aromatic carbocycles. The lowest BCUT2D eigenvalue weighted by atomic mass is 10.2. The average molecular weight is 343 g/mol. The fraction of sp³-hybridized carbons (Fsp3) is 0.235. The number of imidazole rings is 1. The Kier molecular flexibility index (Phi) is 4.35. The zero-order valence-corrected chi connectivity index (χ0v) is 14.4. The molecule has 24 heavy (non-hydrogen) atoms. The van der Waals surface area contributed by atoms with Crippen molar-refractivity contribution in [1.29, 1.82) is 0 Å². The van der Waals surface area contributed by atoms with Gasteiger partial charge in [-0.2, -0.15) is 0 Å². The largest absolute Gasteiger partial charge is 0.459 e. The molecular weight excluding hydrogens is 326 g/mol. The van der Waals surface area contributed by atoms with Gasteiger partial charge in [0, 0.05) is 23.0 Å². The Morgan fingerprint density at radius 2 is 2.08 bits per heavy atom. The lowest BCUT2D eigenvalue weighted by Crippen LogP contribution is -2.14. The third-order valence-corrected chi connectivity index (χ3v) is 4.12. The number of hydrogen-bond donors (Lipinski definition) is 1. The van der Waals surface area contributed by atoms with Crippen LogP contribution in [0, 0.1) is 6.92 Å². The Morgan fingerprint density at radius 3 is 2.79 bits per heavy atom. The summed E-state index contributed by atoms with van der Waals surface area (Å²) in [5, 5.41) is 2.75. The molecule has 0 fully saturated rings. The Bertz CT molecular complexity index is 879. The molecule has 0 saturated carbocycles. The number of benzene rings is 1. The van der Waals surface area contributed by atoms with Gasteiger partial charge in [0.05, 0.1) is 11.7 Å². The van der Waals surface area contributed by atoms with Gasteiger partial charge >= 0.3 is 5.97 Å². The summed E-state index contributed by atoms with van der Waals surface area (Å²) in [6.45, 7) is 5.56. The number of ether oxygens (including phenoxy) is 1. The van der Waals surface area contributed by atoms with Crippen LogP contribution in [0.1, 0.15) is 39.6 Å². The minimum absolute atomic E-state index is 0.197. The molecule has 7 heteroatoms. The molecule has 1 amide bonds. The van der Waals surface area contributed by atoms with Crippen LogP contribution in [0.2, 0.25) is 0 Å². The molecule has 0 aliphatic rings. The summed E-state index contributed by atoms with van der Waals surface area (Å²) < 4.78 is 6.98. The topological polar surface area (TPSA) is 72.7 Å². The Labute approximate surface area is 143 Å². The monoisotopic (exact) mass is 343 g/mol. The molecule has 0 saturated heterocycles. The van der Waals surface area contributed by atoms with Crippen molar-refractivity contribution in [2.75, 3.05) is 5.32 Å². The molecule has 6 nitrogen and oxygen atoms in total. The molecular formula is C17H17N3O3S. The quantitative estimate of drug-likeness (QED) is 0.736. The zero-order chi connectivity index (χ0) is 17.3. The normalized spacial score (nSPS) is 11.0. The predicted octanol–water partition coefficient (Wildman–Crippen LogP) is 3.52. The van der Waals surface area contributed by atoms with Gasteiger partial charge in [-0.1, -0.05) is 6.07 Å². The van der Waals surface area contributed by atoms with Crippen molar-refractivity contribution in [3.05, 3.63) is 52.8 Å². The number of esters is 1. The summed E-state index contributed by atoms with van der Waals surface area (Å²) in [6, 6.07) is 6.65. The highest BCUT2D eigenvalue weighted by Crippen LogP contribution is 2.18. The minimum Gasteiger partial charge on any atom is -0.459 e. The van der Waals surface area contributed by atoms with E-state index < -0.39 is 5.97 Å². The molecule has 0 bridgehead atoms. The molecule has 3 aromatic rings. The van der Waals surface area contributed by atoms with E-state index in [1.165, 1.54) is 11.3 Å². The zero-order valence-electron chi connectivity index (χ0n) is 13.6. The summed E-state index contributed by atoms with van der Waals surface area (Å²) in [7, 11) is 0. The van der Waals surface area contributed by atoms with E-state index in [4.69, 9.17) is 4.74 Å². The molecule has 0 aliphatic carbocycles. The smallest absolute Gasteiger partial charge is 0.338 e. The summed E-state index contributed by atoms with van der Waals surface area (Å²) in [5.74, 6) is -0.739. The van der Waals surface area contributed by atoms with Crippen molar-refractivity contribution in [2.45, 2.75) is 26.9 Å². The highest BCUT2D eigenvalue weighted by Gasteiger charge is 2.14.